The molecule has 150 valence electrons. The van der Waals surface area contributed by atoms with Crippen LogP contribution in [-0.4, -0.2) is 37.9 Å². The highest BCUT2D eigenvalue weighted by molar-refractivity contribution is 7.92. The molecular formula is C17H16Cl2FN3O4S. The molecule has 1 unspecified atom stereocenters. The van der Waals surface area contributed by atoms with Crippen molar-refractivity contribution in [2.24, 2.45) is 0 Å². The molecule has 0 saturated carbocycles. The highest BCUT2D eigenvalue weighted by Crippen LogP contribution is 2.39. The summed E-state index contributed by atoms with van der Waals surface area (Å²) in [4.78, 5) is 11.8. The first-order chi connectivity index (χ1) is 13.2. The average Bonchev–Trinajstić information content (AvgIpc) is 3.17. The number of sulfone groups is 1. The lowest BCUT2D eigenvalue weighted by Crippen LogP contribution is -2.25. The third-order valence-electron chi connectivity index (χ3n) is 4.27. The van der Waals surface area contributed by atoms with Crippen LogP contribution >= 0.6 is 23.2 Å². The van der Waals surface area contributed by atoms with Crippen molar-refractivity contribution in [1.29, 1.82) is 0 Å². The maximum Gasteiger partial charge on any atom is 0.323 e. The molecule has 1 aliphatic heterocycles. The second-order valence-electron chi connectivity index (χ2n) is 6.11. The van der Waals surface area contributed by atoms with Gasteiger partial charge in [0.25, 0.3) is 0 Å². The van der Waals surface area contributed by atoms with E-state index in [1.807, 2.05) is 0 Å². The molecule has 2 amide bonds. The minimum absolute atomic E-state index is 0.0116. The molecule has 0 bridgehead atoms. The largest absolute Gasteiger partial charge is 0.504 e. The van der Waals surface area contributed by atoms with E-state index in [1.165, 1.54) is 24.3 Å². The maximum absolute atomic E-state index is 13.5. The zero-order valence-electron chi connectivity index (χ0n) is 14.3. The molecule has 1 fully saturated rings. The molecule has 4 N–H and O–H groups in total. The number of carbonyl (C=O) groups is 1. The van der Waals surface area contributed by atoms with Gasteiger partial charge in [-0.25, -0.2) is 17.6 Å². The topological polar surface area (TPSA) is 108 Å². The van der Waals surface area contributed by atoms with Crippen LogP contribution < -0.4 is 16.0 Å². The minimum atomic E-state index is -3.92. The SMILES string of the molecule is O=C(Nc1ccc(Cl)c(S(=O)(=O)C2CCNC2)c1O)Nc1cccc(F)c1Cl. The molecule has 2 aromatic carbocycles. The summed E-state index contributed by atoms with van der Waals surface area (Å²) in [7, 11) is -3.92. The number of phenols is 1. The zero-order chi connectivity index (χ0) is 20.5. The van der Waals surface area contributed by atoms with Gasteiger partial charge in [-0.15, -0.1) is 0 Å². The highest BCUT2D eigenvalue weighted by Gasteiger charge is 2.35. The minimum Gasteiger partial charge on any atom is -0.504 e. The number of carbonyl (C=O) groups excluding carboxylic acids is 1. The van der Waals surface area contributed by atoms with Crippen molar-refractivity contribution in [1.82, 2.24) is 5.32 Å². The fraction of sp³-hybridized carbons (Fsp3) is 0.235. The van der Waals surface area contributed by atoms with Crippen LogP contribution in [0, 0.1) is 5.82 Å². The summed E-state index contributed by atoms with van der Waals surface area (Å²) in [6.07, 6.45) is 0.383. The number of anilines is 2. The number of benzene rings is 2. The van der Waals surface area contributed by atoms with Crippen molar-refractivity contribution in [3.05, 3.63) is 46.2 Å². The summed E-state index contributed by atoms with van der Waals surface area (Å²) in [5.74, 6) is -1.38. The fourth-order valence-corrected chi connectivity index (χ4v) is 5.32. The summed E-state index contributed by atoms with van der Waals surface area (Å²) in [5.41, 5.74) is -0.156. The van der Waals surface area contributed by atoms with Gasteiger partial charge in [-0.3, -0.25) is 0 Å². The van der Waals surface area contributed by atoms with E-state index in [1.54, 1.807) is 0 Å². The van der Waals surface area contributed by atoms with Gasteiger partial charge in [0.05, 0.1) is 26.7 Å². The first kappa shape index (κ1) is 20.7. The molecule has 11 heteroatoms. The van der Waals surface area contributed by atoms with E-state index in [0.29, 0.717) is 13.0 Å². The van der Waals surface area contributed by atoms with E-state index in [0.717, 1.165) is 6.07 Å². The summed E-state index contributed by atoms with van der Waals surface area (Å²) >= 11 is 11.8. The van der Waals surface area contributed by atoms with Crippen LogP contribution in [0.2, 0.25) is 10.0 Å². The molecule has 3 rings (SSSR count). The Morgan fingerprint density at radius 2 is 1.89 bits per heavy atom. The Hall–Kier alpha value is -2.07. The third kappa shape index (κ3) is 4.02. The monoisotopic (exact) mass is 447 g/mol. The van der Waals surface area contributed by atoms with E-state index < -0.39 is 37.6 Å². The Bertz CT molecular complexity index is 1030. The van der Waals surface area contributed by atoms with Crippen LogP contribution in [0.1, 0.15) is 6.42 Å². The Balaban J connectivity index is 1.87. The van der Waals surface area contributed by atoms with Crippen molar-refractivity contribution in [3.63, 3.8) is 0 Å². The van der Waals surface area contributed by atoms with Crippen molar-refractivity contribution >= 4 is 50.4 Å². The fourth-order valence-electron chi connectivity index (χ4n) is 2.85. The van der Waals surface area contributed by atoms with Gasteiger partial charge in [0.1, 0.15) is 10.7 Å². The van der Waals surface area contributed by atoms with Crippen LogP contribution in [0.15, 0.2) is 35.2 Å². The van der Waals surface area contributed by atoms with Crippen molar-refractivity contribution in [2.75, 3.05) is 23.7 Å². The van der Waals surface area contributed by atoms with Crippen LogP contribution in [0.4, 0.5) is 20.6 Å². The number of amides is 2. The molecule has 2 aromatic rings. The molecule has 0 aliphatic carbocycles. The lowest BCUT2D eigenvalue weighted by molar-refractivity contribution is 0.262. The number of rotatable bonds is 4. The molecule has 0 radical (unpaired) electrons. The van der Waals surface area contributed by atoms with Crippen LogP contribution in [0.5, 0.6) is 5.75 Å². The molecule has 1 heterocycles. The molecule has 28 heavy (non-hydrogen) atoms. The zero-order valence-corrected chi connectivity index (χ0v) is 16.6. The Kier molecular flexibility index (Phi) is 5.99. The lowest BCUT2D eigenvalue weighted by atomic mass is 10.3. The second kappa shape index (κ2) is 8.12. The summed E-state index contributed by atoms with van der Waals surface area (Å²) in [6, 6.07) is 5.55. The second-order valence-corrected chi connectivity index (χ2v) is 9.06. The smallest absolute Gasteiger partial charge is 0.323 e. The van der Waals surface area contributed by atoms with E-state index in [2.05, 4.69) is 16.0 Å². The van der Waals surface area contributed by atoms with Crippen LogP contribution in [0.3, 0.4) is 0 Å². The summed E-state index contributed by atoms with van der Waals surface area (Å²) in [6.45, 7) is 0.783. The number of aromatic hydroxyl groups is 1. The number of urea groups is 1. The Morgan fingerprint density at radius 1 is 1.18 bits per heavy atom. The Labute approximate surface area is 170 Å². The van der Waals surface area contributed by atoms with E-state index in [-0.39, 0.29) is 28.0 Å². The molecule has 1 aliphatic rings. The normalized spacial score (nSPS) is 16.8. The van der Waals surface area contributed by atoms with E-state index in [9.17, 15) is 22.7 Å². The maximum atomic E-state index is 13.5. The number of phenolic OH excluding ortho intramolecular Hbond substituents is 1. The predicted octanol–water partition coefficient (Wildman–Crippen LogP) is 3.62. The highest BCUT2D eigenvalue weighted by atomic mass is 35.5. The van der Waals surface area contributed by atoms with Gasteiger partial charge in [0.15, 0.2) is 15.6 Å². The van der Waals surface area contributed by atoms with Crippen LogP contribution in [-0.2, 0) is 9.84 Å². The van der Waals surface area contributed by atoms with Crippen molar-refractivity contribution in [2.45, 2.75) is 16.6 Å². The summed E-state index contributed by atoms with van der Waals surface area (Å²) < 4.78 is 39.1. The number of hydrogen-bond donors (Lipinski definition) is 4. The number of halogens is 3. The van der Waals surface area contributed by atoms with Gasteiger partial charge in [0, 0.05) is 6.54 Å². The summed E-state index contributed by atoms with van der Waals surface area (Å²) in [5, 5.41) is 16.9. The molecule has 0 spiro atoms. The van der Waals surface area contributed by atoms with Gasteiger partial charge >= 0.3 is 6.03 Å². The molecule has 1 atom stereocenters. The van der Waals surface area contributed by atoms with E-state index in [4.69, 9.17) is 23.2 Å². The van der Waals surface area contributed by atoms with Gasteiger partial charge in [-0.2, -0.15) is 0 Å². The van der Waals surface area contributed by atoms with Gasteiger partial charge in [-0.05, 0) is 37.2 Å². The first-order valence-corrected chi connectivity index (χ1v) is 10.5. The lowest BCUT2D eigenvalue weighted by Gasteiger charge is -2.16. The van der Waals surface area contributed by atoms with Gasteiger partial charge < -0.3 is 21.1 Å². The van der Waals surface area contributed by atoms with Crippen LogP contribution in [0.25, 0.3) is 0 Å². The van der Waals surface area contributed by atoms with E-state index >= 15 is 0 Å². The predicted molar refractivity (Wildman–Crippen MR) is 106 cm³/mol. The quantitative estimate of drug-likeness (QED) is 0.535. The van der Waals surface area contributed by atoms with Gasteiger partial charge in [0.2, 0.25) is 0 Å². The Morgan fingerprint density at radius 3 is 2.57 bits per heavy atom. The first-order valence-electron chi connectivity index (χ1n) is 8.20. The molecule has 1 saturated heterocycles. The number of hydrogen-bond acceptors (Lipinski definition) is 5. The third-order valence-corrected chi connectivity index (χ3v) is 7.34. The average molecular weight is 448 g/mol. The molecule has 7 nitrogen and oxygen atoms in total. The standard InChI is InChI=1S/C17H16Cl2FN3O4S/c18-10-4-5-13(15(24)16(10)28(26,27)9-6-7-21-8-9)23-17(25)22-12-3-1-2-11(20)14(12)19/h1-5,9,21,24H,6-8H2,(H2,22,23,25). The van der Waals surface area contributed by atoms with Crippen molar-refractivity contribution in [3.8, 4) is 5.75 Å². The van der Waals surface area contributed by atoms with Crippen molar-refractivity contribution < 1.29 is 22.7 Å². The molecule has 0 aromatic heterocycles. The number of nitrogens with one attached hydrogen (secondary N) is 3. The van der Waals surface area contributed by atoms with Gasteiger partial charge in [-0.1, -0.05) is 29.3 Å². The molecular weight excluding hydrogens is 432 g/mol.